The third kappa shape index (κ3) is 3.35. The number of phenols is 1. The average Bonchev–Trinajstić information content (AvgIpc) is 2.74. The highest BCUT2D eigenvalue weighted by Crippen LogP contribution is 2.15. The number of aromatic hydroxyl groups is 1. The van der Waals surface area contributed by atoms with Gasteiger partial charge in [0.1, 0.15) is 12.0 Å². The Hall–Kier alpha value is -2.30. The fourth-order valence-electron chi connectivity index (χ4n) is 1.62. The van der Waals surface area contributed by atoms with Gasteiger partial charge in [-0.2, -0.15) is 0 Å². The van der Waals surface area contributed by atoms with Gasteiger partial charge in [-0.15, -0.1) is 0 Å². The maximum absolute atomic E-state index is 10.4. The predicted octanol–water partition coefficient (Wildman–Crippen LogP) is 1.99. The Labute approximate surface area is 104 Å². The fourth-order valence-corrected chi connectivity index (χ4v) is 1.62. The molecule has 2 N–H and O–H groups in total. The van der Waals surface area contributed by atoms with Gasteiger partial charge in [-0.25, -0.2) is 4.98 Å². The van der Waals surface area contributed by atoms with Crippen LogP contribution in [0.5, 0.6) is 5.75 Å². The summed E-state index contributed by atoms with van der Waals surface area (Å²) in [7, 11) is 0. The quantitative estimate of drug-likeness (QED) is 0.844. The summed E-state index contributed by atoms with van der Waals surface area (Å²) in [6, 6.07) is 6.85. The Morgan fingerprint density at radius 1 is 1.39 bits per heavy atom. The fraction of sp³-hybridized carbons (Fsp3) is 0.231. The Balaban J connectivity index is 2.00. The van der Waals surface area contributed by atoms with E-state index in [9.17, 15) is 9.90 Å². The van der Waals surface area contributed by atoms with Crippen molar-refractivity contribution in [1.82, 2.24) is 4.98 Å². The van der Waals surface area contributed by atoms with Gasteiger partial charge in [0.25, 0.3) is 0 Å². The molecule has 5 nitrogen and oxygen atoms in total. The van der Waals surface area contributed by atoms with Gasteiger partial charge >= 0.3 is 5.97 Å². The number of oxazole rings is 1. The van der Waals surface area contributed by atoms with Crippen LogP contribution < -0.4 is 0 Å². The number of aliphatic carboxylic acids is 1. The molecule has 94 valence electrons. The van der Waals surface area contributed by atoms with E-state index in [4.69, 9.17) is 9.52 Å². The van der Waals surface area contributed by atoms with E-state index in [1.807, 2.05) is 6.07 Å². The maximum atomic E-state index is 10.4. The zero-order valence-corrected chi connectivity index (χ0v) is 9.67. The van der Waals surface area contributed by atoms with Crippen LogP contribution in [0.4, 0.5) is 0 Å². The highest BCUT2D eigenvalue weighted by Gasteiger charge is 2.07. The predicted molar refractivity (Wildman–Crippen MR) is 63.4 cm³/mol. The minimum absolute atomic E-state index is 0.0398. The maximum Gasteiger partial charge on any atom is 0.303 e. The zero-order chi connectivity index (χ0) is 13.0. The van der Waals surface area contributed by atoms with Gasteiger partial charge in [-0.3, -0.25) is 4.79 Å². The number of carbonyl (C=O) groups is 1. The largest absolute Gasteiger partial charge is 0.508 e. The molecule has 0 amide bonds. The molecule has 18 heavy (non-hydrogen) atoms. The van der Waals surface area contributed by atoms with Crippen LogP contribution in [-0.4, -0.2) is 21.2 Å². The molecule has 0 unspecified atom stereocenters. The van der Waals surface area contributed by atoms with Gasteiger partial charge in [0.15, 0.2) is 5.89 Å². The van der Waals surface area contributed by atoms with E-state index >= 15 is 0 Å². The van der Waals surface area contributed by atoms with Crippen LogP contribution in [0.1, 0.15) is 23.6 Å². The lowest BCUT2D eigenvalue weighted by Crippen LogP contribution is -1.98. The van der Waals surface area contributed by atoms with Crippen molar-refractivity contribution in [2.75, 3.05) is 0 Å². The Morgan fingerprint density at radius 3 is 2.94 bits per heavy atom. The SMILES string of the molecule is O=C(O)CCc1coc(Cc2cccc(O)c2)n1. The van der Waals surface area contributed by atoms with E-state index in [0.717, 1.165) is 5.56 Å². The van der Waals surface area contributed by atoms with Crippen LogP contribution in [0.25, 0.3) is 0 Å². The Kier molecular flexibility index (Phi) is 3.62. The molecule has 0 aliphatic heterocycles. The monoisotopic (exact) mass is 247 g/mol. The number of rotatable bonds is 5. The first-order chi connectivity index (χ1) is 8.63. The number of aryl methyl sites for hydroxylation is 1. The van der Waals surface area contributed by atoms with Gasteiger partial charge in [0.05, 0.1) is 12.1 Å². The van der Waals surface area contributed by atoms with Crippen molar-refractivity contribution in [2.24, 2.45) is 0 Å². The molecule has 0 atom stereocenters. The number of hydrogen-bond acceptors (Lipinski definition) is 4. The van der Waals surface area contributed by atoms with Gasteiger partial charge in [0.2, 0.25) is 0 Å². The van der Waals surface area contributed by atoms with Crippen molar-refractivity contribution in [3.05, 3.63) is 47.7 Å². The summed E-state index contributed by atoms with van der Waals surface area (Å²) < 4.78 is 5.26. The second kappa shape index (κ2) is 5.35. The summed E-state index contributed by atoms with van der Waals surface area (Å²) in [4.78, 5) is 14.6. The first-order valence-corrected chi connectivity index (χ1v) is 5.56. The second-order valence-electron chi connectivity index (χ2n) is 3.97. The van der Waals surface area contributed by atoms with Crippen LogP contribution in [0.3, 0.4) is 0 Å². The molecular formula is C13H13NO4. The molecule has 1 heterocycles. The van der Waals surface area contributed by atoms with Crippen LogP contribution >= 0.6 is 0 Å². The normalized spacial score (nSPS) is 10.4. The molecule has 0 bridgehead atoms. The van der Waals surface area contributed by atoms with Crippen LogP contribution in [0.2, 0.25) is 0 Å². The third-order valence-corrected chi connectivity index (χ3v) is 2.46. The summed E-state index contributed by atoms with van der Waals surface area (Å²) in [6.45, 7) is 0. The number of aromatic nitrogens is 1. The highest BCUT2D eigenvalue weighted by molar-refractivity contribution is 5.66. The van der Waals surface area contributed by atoms with E-state index < -0.39 is 5.97 Å². The van der Waals surface area contributed by atoms with Gasteiger partial charge in [0, 0.05) is 12.8 Å². The molecule has 1 aromatic heterocycles. The van der Waals surface area contributed by atoms with E-state index in [0.29, 0.717) is 24.4 Å². The second-order valence-corrected chi connectivity index (χ2v) is 3.97. The molecule has 1 aromatic carbocycles. The first kappa shape index (κ1) is 12.2. The highest BCUT2D eigenvalue weighted by atomic mass is 16.4. The molecule has 2 aromatic rings. The van der Waals surface area contributed by atoms with Crippen LogP contribution in [0.15, 0.2) is 34.9 Å². The Morgan fingerprint density at radius 2 is 2.22 bits per heavy atom. The molecule has 0 radical (unpaired) electrons. The molecule has 0 aliphatic carbocycles. The summed E-state index contributed by atoms with van der Waals surface area (Å²) >= 11 is 0. The summed E-state index contributed by atoms with van der Waals surface area (Å²) in [5, 5.41) is 17.9. The van der Waals surface area contributed by atoms with Crippen molar-refractivity contribution in [2.45, 2.75) is 19.3 Å². The number of nitrogens with zero attached hydrogens (tertiary/aromatic N) is 1. The van der Waals surface area contributed by atoms with Crippen LogP contribution in [-0.2, 0) is 17.6 Å². The lowest BCUT2D eigenvalue weighted by atomic mass is 10.1. The van der Waals surface area contributed by atoms with Crippen LogP contribution in [0, 0.1) is 0 Å². The van der Waals surface area contributed by atoms with Gasteiger partial charge in [-0.05, 0) is 17.7 Å². The van der Waals surface area contributed by atoms with Gasteiger partial charge < -0.3 is 14.6 Å². The number of phenolic OH excluding ortho intramolecular Hbond substituents is 1. The molecule has 0 saturated carbocycles. The molecule has 0 saturated heterocycles. The topological polar surface area (TPSA) is 83.6 Å². The van der Waals surface area contributed by atoms with E-state index in [2.05, 4.69) is 4.98 Å². The summed E-state index contributed by atoms with van der Waals surface area (Å²) in [5.74, 6) is -0.140. The van der Waals surface area contributed by atoms with Crippen molar-refractivity contribution in [3.63, 3.8) is 0 Å². The van der Waals surface area contributed by atoms with Crippen molar-refractivity contribution < 1.29 is 19.4 Å². The third-order valence-electron chi connectivity index (χ3n) is 2.46. The standard InChI is InChI=1S/C13H13NO4/c15-11-3-1-2-9(6-11)7-12-14-10(8-18-12)4-5-13(16)17/h1-3,6,8,15H,4-5,7H2,(H,16,17). The van der Waals surface area contributed by atoms with Crippen molar-refractivity contribution in [1.29, 1.82) is 0 Å². The number of hydrogen-bond donors (Lipinski definition) is 2. The van der Waals surface area contributed by atoms with E-state index in [-0.39, 0.29) is 12.2 Å². The number of benzene rings is 1. The zero-order valence-electron chi connectivity index (χ0n) is 9.67. The Bertz CT molecular complexity index is 547. The van der Waals surface area contributed by atoms with Gasteiger partial charge in [-0.1, -0.05) is 12.1 Å². The first-order valence-electron chi connectivity index (χ1n) is 5.56. The average molecular weight is 247 g/mol. The molecule has 5 heteroatoms. The van der Waals surface area contributed by atoms with Crippen molar-refractivity contribution >= 4 is 5.97 Å². The van der Waals surface area contributed by atoms with Crippen molar-refractivity contribution in [3.8, 4) is 5.75 Å². The smallest absolute Gasteiger partial charge is 0.303 e. The lowest BCUT2D eigenvalue weighted by molar-refractivity contribution is -0.136. The molecule has 2 rings (SSSR count). The molecular weight excluding hydrogens is 234 g/mol. The number of carboxylic acids is 1. The minimum Gasteiger partial charge on any atom is -0.508 e. The summed E-state index contributed by atoms with van der Waals surface area (Å²) in [5.41, 5.74) is 1.52. The summed E-state index contributed by atoms with van der Waals surface area (Å²) in [6.07, 6.45) is 2.35. The minimum atomic E-state index is -0.854. The molecule has 0 spiro atoms. The lowest BCUT2D eigenvalue weighted by Gasteiger charge is -1.97. The van der Waals surface area contributed by atoms with E-state index in [1.165, 1.54) is 6.26 Å². The van der Waals surface area contributed by atoms with E-state index in [1.54, 1.807) is 18.2 Å². The molecule has 0 fully saturated rings. The number of carboxylic acid groups (broad SMARTS) is 1. The molecule has 0 aliphatic rings.